The molecule has 2 nitrogen and oxygen atoms in total. The van der Waals surface area contributed by atoms with Crippen LogP contribution in [0.15, 0.2) is 36.9 Å². The minimum Gasteiger partial charge on any atom is -0.382 e. The smallest absolute Gasteiger partial charge is 0.186 e. The van der Waals surface area contributed by atoms with Crippen LogP contribution in [0.3, 0.4) is 0 Å². The van der Waals surface area contributed by atoms with Crippen LogP contribution < -0.4 is 0 Å². The van der Waals surface area contributed by atoms with Crippen molar-refractivity contribution in [2.75, 3.05) is 0 Å². The van der Waals surface area contributed by atoms with Crippen LogP contribution >= 0.6 is 0 Å². The van der Waals surface area contributed by atoms with Gasteiger partial charge in [-0.05, 0) is 24.6 Å². The van der Waals surface area contributed by atoms with Crippen molar-refractivity contribution in [3.8, 4) is 0 Å². The van der Waals surface area contributed by atoms with E-state index in [1.54, 1.807) is 12.1 Å². The Balaban J connectivity index is 2.78. The molecule has 0 aliphatic rings. The zero-order chi connectivity index (χ0) is 10.6. The maximum absolute atomic E-state index is 11.3. The van der Waals surface area contributed by atoms with Crippen molar-refractivity contribution < 1.29 is 9.90 Å². The Labute approximate surface area is 83.9 Å². The third-order valence-electron chi connectivity index (χ3n) is 2.04. The molecule has 0 aliphatic carbocycles. The van der Waals surface area contributed by atoms with E-state index in [4.69, 9.17) is 0 Å². The van der Waals surface area contributed by atoms with Gasteiger partial charge in [0.2, 0.25) is 0 Å². The number of carbonyl (C=O) groups is 1. The van der Waals surface area contributed by atoms with Crippen LogP contribution in [0.2, 0.25) is 0 Å². The summed E-state index contributed by atoms with van der Waals surface area (Å²) in [4.78, 5) is 11.3. The quantitative estimate of drug-likeness (QED) is 0.729. The van der Waals surface area contributed by atoms with Crippen molar-refractivity contribution in [2.45, 2.75) is 18.9 Å². The van der Waals surface area contributed by atoms with Gasteiger partial charge in [0, 0.05) is 6.42 Å². The molecule has 1 unspecified atom stereocenters. The Morgan fingerprint density at radius 2 is 2.50 bits per heavy atom. The van der Waals surface area contributed by atoms with E-state index in [1.165, 1.54) is 6.92 Å². The summed E-state index contributed by atoms with van der Waals surface area (Å²) in [6.45, 7) is 4.84. The lowest BCUT2D eigenvalue weighted by Crippen LogP contribution is -2.36. The molecule has 0 heterocycles. The van der Waals surface area contributed by atoms with Crippen molar-refractivity contribution in [3.05, 3.63) is 48.6 Å². The molecule has 1 radical (unpaired) electrons. The lowest BCUT2D eigenvalue weighted by atomic mass is 9.92. The normalized spacial score (nSPS) is 14.4. The van der Waals surface area contributed by atoms with Crippen LogP contribution in [0.25, 0.3) is 0 Å². The molecule has 0 spiro atoms. The second-order valence-electron chi connectivity index (χ2n) is 3.43. The SMILES string of the molecule is C=CC(=O)C(C)(O)Cc1c[c]ccc1. The molecule has 0 bridgehead atoms. The lowest BCUT2D eigenvalue weighted by Gasteiger charge is -2.19. The summed E-state index contributed by atoms with van der Waals surface area (Å²) in [6, 6.07) is 10.1. The molecule has 1 atom stereocenters. The predicted octanol–water partition coefficient (Wildman–Crippen LogP) is 1.54. The minimum atomic E-state index is -1.36. The molecular weight excluding hydrogens is 176 g/mol. The van der Waals surface area contributed by atoms with Gasteiger partial charge < -0.3 is 5.11 Å². The van der Waals surface area contributed by atoms with E-state index in [-0.39, 0.29) is 12.2 Å². The molecule has 0 saturated heterocycles. The molecule has 0 aliphatic heterocycles. The molecule has 0 saturated carbocycles. The highest BCUT2D eigenvalue weighted by atomic mass is 16.3. The standard InChI is InChI=1S/C12H13O2/c1-3-11(13)12(2,14)9-10-7-5-4-6-8-10/h3-5,7-8,14H,1,9H2,2H3. The fourth-order valence-corrected chi connectivity index (χ4v) is 1.24. The van der Waals surface area contributed by atoms with E-state index < -0.39 is 5.60 Å². The minimum absolute atomic E-state index is 0.287. The monoisotopic (exact) mass is 189 g/mol. The maximum atomic E-state index is 11.3. The number of hydrogen-bond acceptors (Lipinski definition) is 2. The van der Waals surface area contributed by atoms with Gasteiger partial charge in [-0.25, -0.2) is 0 Å². The molecule has 73 valence electrons. The van der Waals surface area contributed by atoms with Gasteiger partial charge in [0.25, 0.3) is 0 Å². The van der Waals surface area contributed by atoms with E-state index in [2.05, 4.69) is 12.6 Å². The summed E-state index contributed by atoms with van der Waals surface area (Å²) in [5.41, 5.74) is -0.482. The van der Waals surface area contributed by atoms with E-state index in [0.29, 0.717) is 0 Å². The zero-order valence-corrected chi connectivity index (χ0v) is 8.16. The van der Waals surface area contributed by atoms with Crippen molar-refractivity contribution in [3.63, 3.8) is 0 Å². The molecule has 2 heteroatoms. The molecular formula is C12H13O2. The Hall–Kier alpha value is -1.41. The molecule has 14 heavy (non-hydrogen) atoms. The highest BCUT2D eigenvalue weighted by molar-refractivity contribution is 5.96. The molecule has 1 N–H and O–H groups in total. The second-order valence-corrected chi connectivity index (χ2v) is 3.43. The van der Waals surface area contributed by atoms with Gasteiger partial charge in [-0.3, -0.25) is 4.79 Å². The summed E-state index contributed by atoms with van der Waals surface area (Å²) in [5, 5.41) is 9.80. The number of rotatable bonds is 4. The van der Waals surface area contributed by atoms with Crippen LogP contribution in [0.1, 0.15) is 12.5 Å². The predicted molar refractivity (Wildman–Crippen MR) is 54.8 cm³/mol. The lowest BCUT2D eigenvalue weighted by molar-refractivity contribution is -0.130. The summed E-state index contributed by atoms with van der Waals surface area (Å²) >= 11 is 0. The van der Waals surface area contributed by atoms with Gasteiger partial charge in [-0.15, -0.1) is 0 Å². The van der Waals surface area contributed by atoms with Crippen LogP contribution in [0.5, 0.6) is 0 Å². The molecule has 0 amide bonds. The van der Waals surface area contributed by atoms with Gasteiger partial charge in [0.1, 0.15) is 5.60 Å². The topological polar surface area (TPSA) is 37.3 Å². The fraction of sp³-hybridized carbons (Fsp3) is 0.250. The summed E-state index contributed by atoms with van der Waals surface area (Å²) in [6.07, 6.45) is 1.43. The van der Waals surface area contributed by atoms with Crippen molar-refractivity contribution in [1.29, 1.82) is 0 Å². The summed E-state index contributed by atoms with van der Waals surface area (Å²) in [5.74, 6) is -0.360. The van der Waals surface area contributed by atoms with E-state index in [0.717, 1.165) is 11.6 Å². The first-order valence-electron chi connectivity index (χ1n) is 4.40. The molecule has 1 rings (SSSR count). The molecule has 0 aromatic heterocycles. The summed E-state index contributed by atoms with van der Waals surface area (Å²) in [7, 11) is 0. The first-order valence-corrected chi connectivity index (χ1v) is 4.40. The third kappa shape index (κ3) is 2.54. The van der Waals surface area contributed by atoms with Crippen LogP contribution in [-0.4, -0.2) is 16.5 Å². The average molecular weight is 189 g/mol. The van der Waals surface area contributed by atoms with Crippen molar-refractivity contribution in [1.82, 2.24) is 0 Å². The van der Waals surface area contributed by atoms with Crippen molar-refractivity contribution >= 4 is 5.78 Å². The van der Waals surface area contributed by atoms with Crippen LogP contribution in [0, 0.1) is 6.07 Å². The fourth-order valence-electron chi connectivity index (χ4n) is 1.24. The van der Waals surface area contributed by atoms with E-state index >= 15 is 0 Å². The maximum Gasteiger partial charge on any atom is 0.186 e. The Morgan fingerprint density at radius 3 is 3.00 bits per heavy atom. The summed E-state index contributed by atoms with van der Waals surface area (Å²) < 4.78 is 0. The van der Waals surface area contributed by atoms with Crippen LogP contribution in [-0.2, 0) is 11.2 Å². The van der Waals surface area contributed by atoms with Gasteiger partial charge in [-0.1, -0.05) is 30.8 Å². The Bertz CT molecular complexity index is 325. The van der Waals surface area contributed by atoms with Gasteiger partial charge >= 0.3 is 0 Å². The first kappa shape index (κ1) is 10.7. The number of aliphatic hydroxyl groups is 1. The van der Waals surface area contributed by atoms with Crippen LogP contribution in [0.4, 0.5) is 0 Å². The Morgan fingerprint density at radius 1 is 1.79 bits per heavy atom. The largest absolute Gasteiger partial charge is 0.382 e. The first-order chi connectivity index (χ1) is 6.56. The van der Waals surface area contributed by atoms with Gasteiger partial charge in [-0.2, -0.15) is 0 Å². The highest BCUT2D eigenvalue weighted by Gasteiger charge is 2.27. The second kappa shape index (κ2) is 4.20. The highest BCUT2D eigenvalue weighted by Crippen LogP contribution is 2.14. The van der Waals surface area contributed by atoms with Gasteiger partial charge in [0.05, 0.1) is 0 Å². The van der Waals surface area contributed by atoms with Crippen molar-refractivity contribution in [2.24, 2.45) is 0 Å². The van der Waals surface area contributed by atoms with Gasteiger partial charge in [0.15, 0.2) is 5.78 Å². The number of carbonyl (C=O) groups excluding carboxylic acids is 1. The molecule has 1 aromatic carbocycles. The van der Waals surface area contributed by atoms with E-state index in [1.807, 2.05) is 12.1 Å². The third-order valence-corrected chi connectivity index (χ3v) is 2.04. The molecule has 1 aromatic rings. The zero-order valence-electron chi connectivity index (χ0n) is 8.16. The number of hydrogen-bond donors (Lipinski definition) is 1. The van der Waals surface area contributed by atoms with E-state index in [9.17, 15) is 9.90 Å². The average Bonchev–Trinajstić information content (AvgIpc) is 2.17. The number of benzene rings is 1. The number of ketones is 1. The molecule has 0 fully saturated rings. The Kier molecular flexibility index (Phi) is 3.20.